The molecule has 6 heteroatoms. The first-order valence-corrected chi connectivity index (χ1v) is 4.06. The van der Waals surface area contributed by atoms with Crippen molar-refractivity contribution in [1.29, 1.82) is 0 Å². The number of nitrogens with zero attached hydrogens (tertiary/aromatic N) is 2. The molecule has 0 spiro atoms. The summed E-state index contributed by atoms with van der Waals surface area (Å²) in [6, 6.07) is 5.28. The highest BCUT2D eigenvalue weighted by Crippen LogP contribution is 2.17. The van der Waals surface area contributed by atoms with Gasteiger partial charge in [-0.25, -0.2) is 0 Å². The average Bonchev–Trinajstić information content (AvgIpc) is 2.53. The van der Waals surface area contributed by atoms with Crippen LogP contribution in [-0.4, -0.2) is 15.2 Å². The van der Waals surface area contributed by atoms with Gasteiger partial charge in [-0.2, -0.15) is 5.10 Å². The van der Waals surface area contributed by atoms with Crippen molar-refractivity contribution in [3.05, 3.63) is 29.4 Å². The van der Waals surface area contributed by atoms with Gasteiger partial charge in [0.15, 0.2) is 0 Å². The highest BCUT2D eigenvalue weighted by Gasteiger charge is 2.01. The maximum Gasteiger partial charge on any atom is 0.145 e. The zero-order valence-electron chi connectivity index (χ0n) is 7.07. The molecule has 0 unspecified atom stereocenters. The Labute approximate surface area is 91.9 Å². The van der Waals surface area contributed by atoms with Crippen molar-refractivity contribution >= 4 is 29.8 Å². The molecule has 0 bridgehead atoms. The first-order valence-electron chi connectivity index (χ1n) is 3.68. The van der Waals surface area contributed by atoms with Gasteiger partial charge in [-0.1, -0.05) is 11.6 Å². The van der Waals surface area contributed by atoms with Crippen LogP contribution in [0.4, 0.5) is 5.82 Å². The first-order chi connectivity index (χ1) is 6.25. The van der Waals surface area contributed by atoms with Gasteiger partial charge in [-0.3, -0.25) is 10.1 Å². The van der Waals surface area contributed by atoms with Crippen molar-refractivity contribution in [1.82, 2.24) is 15.2 Å². The summed E-state index contributed by atoms with van der Waals surface area (Å²) < 4.78 is 0. The summed E-state index contributed by atoms with van der Waals surface area (Å²) in [6.45, 7) is 0. The minimum atomic E-state index is 0. The molecular weight excluding hydrogens is 223 g/mol. The quantitative estimate of drug-likeness (QED) is 0.789. The Morgan fingerprint density at radius 3 is 2.64 bits per heavy atom. The number of hydrogen-bond donors (Lipinski definition) is 2. The molecular formula is C8H8Cl2N4. The van der Waals surface area contributed by atoms with Gasteiger partial charge in [-0.15, -0.1) is 12.4 Å². The topological polar surface area (TPSA) is 67.6 Å². The zero-order valence-corrected chi connectivity index (χ0v) is 8.64. The standard InChI is InChI=1S/C8H7ClN4.ClH/c9-5-1-2-6(11-4-5)7-3-8(10)13-12-7;/h1-4H,(H3,10,12,13);1H. The predicted octanol–water partition coefficient (Wildman–Crippen LogP) is 2.13. The molecule has 2 aromatic rings. The van der Waals surface area contributed by atoms with Crippen LogP contribution in [0.25, 0.3) is 11.4 Å². The van der Waals surface area contributed by atoms with Gasteiger partial charge >= 0.3 is 0 Å². The van der Waals surface area contributed by atoms with E-state index >= 15 is 0 Å². The minimum absolute atomic E-state index is 0. The number of nitrogens with one attached hydrogen (secondary N) is 1. The number of nitrogen functional groups attached to an aromatic ring is 1. The SMILES string of the molecule is Cl.Nc1cc(-c2ccc(Cl)cn2)[nH]n1. The molecule has 2 rings (SSSR count). The summed E-state index contributed by atoms with van der Waals surface area (Å²) in [5.41, 5.74) is 7.01. The second-order valence-electron chi connectivity index (χ2n) is 2.57. The molecule has 2 aromatic heterocycles. The molecule has 14 heavy (non-hydrogen) atoms. The Balaban J connectivity index is 0.000000980. The molecule has 2 heterocycles. The number of anilines is 1. The van der Waals surface area contributed by atoms with Gasteiger partial charge in [0.1, 0.15) is 5.82 Å². The second kappa shape index (κ2) is 4.30. The normalized spacial score (nSPS) is 9.50. The van der Waals surface area contributed by atoms with Crippen molar-refractivity contribution in [2.75, 3.05) is 5.73 Å². The molecule has 0 saturated carbocycles. The van der Waals surface area contributed by atoms with E-state index in [4.69, 9.17) is 17.3 Å². The lowest BCUT2D eigenvalue weighted by atomic mass is 10.3. The third kappa shape index (κ3) is 2.16. The van der Waals surface area contributed by atoms with Crippen LogP contribution in [0.15, 0.2) is 24.4 Å². The number of aromatic amines is 1. The number of rotatable bonds is 1. The van der Waals surface area contributed by atoms with E-state index in [-0.39, 0.29) is 12.4 Å². The fraction of sp³-hybridized carbons (Fsp3) is 0. The molecule has 0 saturated heterocycles. The highest BCUT2D eigenvalue weighted by atomic mass is 35.5. The number of hydrogen-bond acceptors (Lipinski definition) is 3. The Morgan fingerprint density at radius 1 is 1.36 bits per heavy atom. The maximum absolute atomic E-state index is 5.69. The van der Waals surface area contributed by atoms with E-state index in [2.05, 4.69) is 15.2 Å². The summed E-state index contributed by atoms with van der Waals surface area (Å²) in [5, 5.41) is 7.16. The second-order valence-corrected chi connectivity index (χ2v) is 3.00. The van der Waals surface area contributed by atoms with Crippen LogP contribution < -0.4 is 5.73 Å². The fourth-order valence-corrected chi connectivity index (χ4v) is 1.12. The van der Waals surface area contributed by atoms with E-state index in [9.17, 15) is 0 Å². The van der Waals surface area contributed by atoms with Gasteiger partial charge in [0.25, 0.3) is 0 Å². The molecule has 74 valence electrons. The van der Waals surface area contributed by atoms with E-state index in [0.29, 0.717) is 10.8 Å². The fourth-order valence-electron chi connectivity index (χ4n) is 1.00. The Hall–Kier alpha value is -1.26. The summed E-state index contributed by atoms with van der Waals surface area (Å²) in [4.78, 5) is 4.10. The van der Waals surface area contributed by atoms with Crippen LogP contribution in [0.2, 0.25) is 5.02 Å². The molecule has 0 radical (unpaired) electrons. The molecule has 0 fully saturated rings. The smallest absolute Gasteiger partial charge is 0.145 e. The molecule has 0 atom stereocenters. The van der Waals surface area contributed by atoms with E-state index in [0.717, 1.165) is 11.4 Å². The lowest BCUT2D eigenvalue weighted by Gasteiger charge is -1.94. The molecule has 0 amide bonds. The summed E-state index contributed by atoms with van der Waals surface area (Å²) >= 11 is 5.69. The van der Waals surface area contributed by atoms with E-state index in [1.807, 2.05) is 0 Å². The van der Waals surface area contributed by atoms with Crippen molar-refractivity contribution in [2.45, 2.75) is 0 Å². The van der Waals surface area contributed by atoms with Crippen molar-refractivity contribution in [3.63, 3.8) is 0 Å². The third-order valence-corrected chi connectivity index (χ3v) is 1.82. The van der Waals surface area contributed by atoms with Crippen molar-refractivity contribution in [3.8, 4) is 11.4 Å². The van der Waals surface area contributed by atoms with Gasteiger partial charge in [0.2, 0.25) is 0 Å². The zero-order chi connectivity index (χ0) is 9.26. The summed E-state index contributed by atoms with van der Waals surface area (Å²) in [7, 11) is 0. The first kappa shape index (κ1) is 10.8. The van der Waals surface area contributed by atoms with Gasteiger partial charge < -0.3 is 5.73 Å². The van der Waals surface area contributed by atoms with Gasteiger partial charge in [-0.05, 0) is 12.1 Å². The van der Waals surface area contributed by atoms with E-state index in [1.165, 1.54) is 0 Å². The molecule has 0 aliphatic heterocycles. The van der Waals surface area contributed by atoms with Crippen LogP contribution >= 0.6 is 24.0 Å². The van der Waals surface area contributed by atoms with Crippen LogP contribution in [0, 0.1) is 0 Å². The van der Waals surface area contributed by atoms with E-state index in [1.54, 1.807) is 24.4 Å². The number of pyridine rings is 1. The molecule has 0 aromatic carbocycles. The number of H-pyrrole nitrogens is 1. The number of aromatic nitrogens is 3. The monoisotopic (exact) mass is 230 g/mol. The predicted molar refractivity (Wildman–Crippen MR) is 58.5 cm³/mol. The Bertz CT molecular complexity index is 410. The molecule has 4 nitrogen and oxygen atoms in total. The third-order valence-electron chi connectivity index (χ3n) is 1.60. The lowest BCUT2D eigenvalue weighted by Crippen LogP contribution is -1.82. The summed E-state index contributed by atoms with van der Waals surface area (Å²) in [5.74, 6) is 0.451. The highest BCUT2D eigenvalue weighted by molar-refractivity contribution is 6.30. The van der Waals surface area contributed by atoms with Crippen LogP contribution in [0.3, 0.4) is 0 Å². The van der Waals surface area contributed by atoms with E-state index < -0.39 is 0 Å². The molecule has 0 aliphatic rings. The molecule has 3 N–H and O–H groups in total. The van der Waals surface area contributed by atoms with Gasteiger partial charge in [0, 0.05) is 12.3 Å². The van der Waals surface area contributed by atoms with Crippen molar-refractivity contribution in [2.24, 2.45) is 0 Å². The minimum Gasteiger partial charge on any atom is -0.382 e. The van der Waals surface area contributed by atoms with Crippen LogP contribution in [0.1, 0.15) is 0 Å². The average molecular weight is 231 g/mol. The van der Waals surface area contributed by atoms with Gasteiger partial charge in [0.05, 0.1) is 16.4 Å². The van der Waals surface area contributed by atoms with Crippen molar-refractivity contribution < 1.29 is 0 Å². The van der Waals surface area contributed by atoms with Crippen LogP contribution in [-0.2, 0) is 0 Å². The molecule has 0 aliphatic carbocycles. The Kier molecular flexibility index (Phi) is 3.33. The lowest BCUT2D eigenvalue weighted by molar-refractivity contribution is 1.09. The Morgan fingerprint density at radius 2 is 2.14 bits per heavy atom. The number of halogens is 2. The number of nitrogens with two attached hydrogens (primary N) is 1. The van der Waals surface area contributed by atoms with Crippen LogP contribution in [0.5, 0.6) is 0 Å². The largest absolute Gasteiger partial charge is 0.382 e. The maximum atomic E-state index is 5.69. The summed E-state index contributed by atoms with van der Waals surface area (Å²) in [6.07, 6.45) is 1.58.